The quantitative estimate of drug-likeness (QED) is 0.560. The van der Waals surface area contributed by atoms with Gasteiger partial charge in [-0.15, -0.1) is 0 Å². The van der Waals surface area contributed by atoms with E-state index in [9.17, 15) is 4.79 Å². The number of carbonyl (C=O) groups is 1. The molecule has 0 aliphatic carbocycles. The van der Waals surface area contributed by atoms with Crippen LogP contribution in [0.15, 0.2) is 48.5 Å². The molecule has 7 nitrogen and oxygen atoms in total. The zero-order valence-electron chi connectivity index (χ0n) is 15.8. The average Bonchev–Trinajstić information content (AvgIpc) is 3.08. The van der Waals surface area contributed by atoms with E-state index < -0.39 is 0 Å². The molecule has 0 aliphatic heterocycles. The highest BCUT2D eigenvalue weighted by atomic mass is 32.1. The first kappa shape index (κ1) is 19.6. The van der Waals surface area contributed by atoms with Gasteiger partial charge >= 0.3 is 0 Å². The molecule has 0 saturated heterocycles. The number of hydrogen-bond acceptors (Lipinski definition) is 5. The smallest absolute Gasteiger partial charge is 0.226 e. The number of H-pyrrole nitrogens is 1. The molecule has 8 heteroatoms. The molecule has 28 heavy (non-hydrogen) atoms. The summed E-state index contributed by atoms with van der Waals surface area (Å²) in [5, 5.41) is 9.96. The van der Waals surface area contributed by atoms with Gasteiger partial charge in [0, 0.05) is 24.2 Å². The van der Waals surface area contributed by atoms with Gasteiger partial charge in [0.15, 0.2) is 10.6 Å². The Morgan fingerprint density at radius 2 is 1.82 bits per heavy atom. The van der Waals surface area contributed by atoms with E-state index in [1.54, 1.807) is 7.11 Å². The van der Waals surface area contributed by atoms with Crippen LogP contribution in [0.4, 0.5) is 5.69 Å². The van der Waals surface area contributed by atoms with E-state index in [0.29, 0.717) is 23.7 Å². The molecule has 0 spiro atoms. The van der Waals surface area contributed by atoms with Crippen LogP contribution in [0.5, 0.6) is 11.5 Å². The Balaban J connectivity index is 1.64. The number of benzene rings is 2. The summed E-state index contributed by atoms with van der Waals surface area (Å²) in [6.45, 7) is 2.95. The van der Waals surface area contributed by atoms with Gasteiger partial charge in [-0.05, 0) is 67.7 Å². The summed E-state index contributed by atoms with van der Waals surface area (Å²) in [4.78, 5) is 12.3. The van der Waals surface area contributed by atoms with Crippen molar-refractivity contribution in [1.82, 2.24) is 14.8 Å². The van der Waals surface area contributed by atoms with Gasteiger partial charge in [-0.1, -0.05) is 0 Å². The van der Waals surface area contributed by atoms with Crippen molar-refractivity contribution >= 4 is 23.8 Å². The summed E-state index contributed by atoms with van der Waals surface area (Å²) in [5.74, 6) is 2.11. The third-order valence-electron chi connectivity index (χ3n) is 4.12. The number of nitrogens with one attached hydrogen (secondary N) is 2. The molecule has 2 N–H and O–H groups in total. The van der Waals surface area contributed by atoms with Crippen molar-refractivity contribution in [3.63, 3.8) is 0 Å². The summed E-state index contributed by atoms with van der Waals surface area (Å²) in [6.07, 6.45) is 0.268. The van der Waals surface area contributed by atoms with Crippen LogP contribution in [-0.2, 0) is 11.3 Å². The molecular weight excluding hydrogens is 376 g/mol. The minimum Gasteiger partial charge on any atom is -0.497 e. The Morgan fingerprint density at radius 1 is 1.14 bits per heavy atom. The van der Waals surface area contributed by atoms with E-state index >= 15 is 0 Å². The second-order valence-corrected chi connectivity index (χ2v) is 6.37. The zero-order valence-corrected chi connectivity index (χ0v) is 16.6. The average molecular weight is 398 g/mol. The third kappa shape index (κ3) is 4.77. The van der Waals surface area contributed by atoms with Crippen molar-refractivity contribution in [2.75, 3.05) is 19.0 Å². The number of methoxy groups -OCH3 is 1. The maximum absolute atomic E-state index is 12.3. The Bertz CT molecular complexity index is 978. The van der Waals surface area contributed by atoms with Crippen LogP contribution in [0, 0.1) is 4.77 Å². The van der Waals surface area contributed by atoms with E-state index in [1.165, 1.54) is 0 Å². The molecule has 0 fully saturated rings. The van der Waals surface area contributed by atoms with Gasteiger partial charge in [-0.2, -0.15) is 5.10 Å². The maximum atomic E-state index is 12.3. The van der Waals surface area contributed by atoms with E-state index in [1.807, 2.05) is 60.0 Å². The van der Waals surface area contributed by atoms with E-state index in [2.05, 4.69) is 15.5 Å². The molecule has 0 saturated carbocycles. The minimum absolute atomic E-state index is 0.104. The first-order valence-electron chi connectivity index (χ1n) is 8.93. The molecule has 146 valence electrons. The number of aromatic nitrogens is 3. The first-order chi connectivity index (χ1) is 13.6. The normalized spacial score (nSPS) is 10.5. The maximum Gasteiger partial charge on any atom is 0.226 e. The topological polar surface area (TPSA) is 81.2 Å². The second kappa shape index (κ2) is 9.18. The van der Waals surface area contributed by atoms with Gasteiger partial charge < -0.3 is 14.8 Å². The Kier molecular flexibility index (Phi) is 6.44. The van der Waals surface area contributed by atoms with Crippen molar-refractivity contribution in [2.24, 2.45) is 0 Å². The fourth-order valence-electron chi connectivity index (χ4n) is 2.72. The molecule has 1 heterocycles. The van der Waals surface area contributed by atoms with Gasteiger partial charge in [0.2, 0.25) is 5.91 Å². The number of anilines is 1. The van der Waals surface area contributed by atoms with Crippen molar-refractivity contribution < 1.29 is 14.3 Å². The number of hydrogen-bond donors (Lipinski definition) is 2. The molecular formula is C20H22N4O3S. The molecule has 1 amide bonds. The monoisotopic (exact) mass is 398 g/mol. The molecule has 0 unspecified atom stereocenters. The lowest BCUT2D eigenvalue weighted by molar-refractivity contribution is -0.116. The van der Waals surface area contributed by atoms with Gasteiger partial charge in [-0.25, -0.2) is 0 Å². The Hall–Kier alpha value is -3.13. The lowest BCUT2D eigenvalue weighted by Crippen LogP contribution is -2.15. The van der Waals surface area contributed by atoms with Crippen LogP contribution in [-0.4, -0.2) is 34.4 Å². The number of aromatic amines is 1. The summed E-state index contributed by atoms with van der Waals surface area (Å²) in [5.41, 5.74) is 1.61. The highest BCUT2D eigenvalue weighted by molar-refractivity contribution is 7.71. The molecule has 3 aromatic rings. The second-order valence-electron chi connectivity index (χ2n) is 5.99. The number of ether oxygens (including phenoxy) is 2. The minimum atomic E-state index is -0.104. The predicted molar refractivity (Wildman–Crippen MR) is 110 cm³/mol. The van der Waals surface area contributed by atoms with Crippen LogP contribution in [0.25, 0.3) is 11.4 Å². The lowest BCUT2D eigenvalue weighted by Gasteiger charge is -2.09. The van der Waals surface area contributed by atoms with Crippen molar-refractivity contribution in [3.05, 3.63) is 53.3 Å². The van der Waals surface area contributed by atoms with Crippen LogP contribution in [0.2, 0.25) is 0 Å². The van der Waals surface area contributed by atoms with Gasteiger partial charge in [-0.3, -0.25) is 14.5 Å². The van der Waals surface area contributed by atoms with Gasteiger partial charge in [0.05, 0.1) is 13.7 Å². The first-order valence-corrected chi connectivity index (χ1v) is 9.34. The molecule has 0 atom stereocenters. The summed E-state index contributed by atoms with van der Waals surface area (Å²) < 4.78 is 12.9. The highest BCUT2D eigenvalue weighted by Gasteiger charge is 2.11. The van der Waals surface area contributed by atoms with Crippen LogP contribution >= 0.6 is 12.2 Å². The van der Waals surface area contributed by atoms with Gasteiger partial charge in [0.1, 0.15) is 11.5 Å². The zero-order chi connectivity index (χ0) is 19.9. The molecule has 0 bridgehead atoms. The van der Waals surface area contributed by atoms with Crippen LogP contribution < -0.4 is 14.8 Å². The van der Waals surface area contributed by atoms with Crippen LogP contribution in [0.1, 0.15) is 13.3 Å². The van der Waals surface area contributed by atoms with E-state index in [0.717, 1.165) is 22.7 Å². The van der Waals surface area contributed by atoms with Crippen molar-refractivity contribution in [2.45, 2.75) is 19.9 Å². The SMILES string of the molecule is CCOc1ccc(NC(=O)CCn2c(-c3ccc(OC)cc3)n[nH]c2=S)cc1. The molecule has 0 aliphatic rings. The number of rotatable bonds is 8. The largest absolute Gasteiger partial charge is 0.497 e. The number of nitrogens with zero attached hydrogens (tertiary/aromatic N) is 2. The lowest BCUT2D eigenvalue weighted by atomic mass is 10.2. The van der Waals surface area contributed by atoms with Crippen LogP contribution in [0.3, 0.4) is 0 Å². The standard InChI is InChI=1S/C20H22N4O3S/c1-3-27-17-10-6-15(7-11-17)21-18(25)12-13-24-19(22-23-20(24)28)14-4-8-16(26-2)9-5-14/h4-11H,3,12-13H2,1-2H3,(H,21,25)(H,23,28). The predicted octanol–water partition coefficient (Wildman–Crippen LogP) is 4.04. The Morgan fingerprint density at radius 3 is 2.46 bits per heavy atom. The van der Waals surface area contributed by atoms with E-state index in [4.69, 9.17) is 21.7 Å². The fraction of sp³-hybridized carbons (Fsp3) is 0.250. The summed E-state index contributed by atoms with van der Waals surface area (Å²) >= 11 is 5.32. The number of carbonyl (C=O) groups excluding carboxylic acids is 1. The summed E-state index contributed by atoms with van der Waals surface area (Å²) in [6, 6.07) is 14.8. The summed E-state index contributed by atoms with van der Waals surface area (Å²) in [7, 11) is 1.62. The molecule has 1 aromatic heterocycles. The van der Waals surface area contributed by atoms with Crippen molar-refractivity contribution in [1.29, 1.82) is 0 Å². The van der Waals surface area contributed by atoms with E-state index in [-0.39, 0.29) is 12.3 Å². The third-order valence-corrected chi connectivity index (χ3v) is 4.43. The highest BCUT2D eigenvalue weighted by Crippen LogP contribution is 2.21. The number of amides is 1. The molecule has 0 radical (unpaired) electrons. The van der Waals surface area contributed by atoms with Crippen molar-refractivity contribution in [3.8, 4) is 22.9 Å². The Labute approximate surface area is 168 Å². The fourth-order valence-corrected chi connectivity index (χ4v) is 2.95. The van der Waals surface area contributed by atoms with Gasteiger partial charge in [0.25, 0.3) is 0 Å². The molecule has 3 rings (SSSR count). The molecule has 2 aromatic carbocycles.